The Morgan fingerprint density at radius 3 is 2.72 bits per heavy atom. The molecule has 0 saturated carbocycles. The van der Waals surface area contributed by atoms with E-state index in [1.54, 1.807) is 11.3 Å². The van der Waals surface area contributed by atoms with Gasteiger partial charge in [-0.3, -0.25) is 0 Å². The van der Waals surface area contributed by atoms with Crippen LogP contribution in [0.5, 0.6) is 0 Å². The van der Waals surface area contributed by atoms with Gasteiger partial charge in [-0.2, -0.15) is 0 Å². The van der Waals surface area contributed by atoms with Crippen LogP contribution in [0.3, 0.4) is 0 Å². The summed E-state index contributed by atoms with van der Waals surface area (Å²) in [6.45, 7) is 8.94. The summed E-state index contributed by atoms with van der Waals surface area (Å²) in [7, 11) is 0. The molecular weight excluding hydrogens is 248 g/mol. The fourth-order valence-corrected chi connectivity index (χ4v) is 2.16. The lowest BCUT2D eigenvalue weighted by Gasteiger charge is -2.20. The molecule has 0 aliphatic rings. The van der Waals surface area contributed by atoms with Gasteiger partial charge in [-0.15, -0.1) is 11.3 Å². The molecule has 0 fully saturated rings. The first kappa shape index (κ1) is 15.0. The SMILES string of the molecule is CC(NCCNC(=O)OC(C)(C)C)c1cccs1. The minimum absolute atomic E-state index is 0.311. The second-order valence-electron chi connectivity index (χ2n) is 5.12. The number of ether oxygens (including phenoxy) is 1. The van der Waals surface area contributed by atoms with E-state index in [-0.39, 0.29) is 6.09 Å². The number of carbonyl (C=O) groups is 1. The molecule has 5 heteroatoms. The van der Waals surface area contributed by atoms with Crippen molar-refractivity contribution in [1.82, 2.24) is 10.6 Å². The van der Waals surface area contributed by atoms with Crippen molar-refractivity contribution in [2.75, 3.05) is 13.1 Å². The normalized spacial score (nSPS) is 13.1. The largest absolute Gasteiger partial charge is 0.444 e. The molecule has 18 heavy (non-hydrogen) atoms. The molecule has 1 aromatic rings. The van der Waals surface area contributed by atoms with Crippen LogP contribution < -0.4 is 10.6 Å². The zero-order valence-electron chi connectivity index (χ0n) is 11.4. The summed E-state index contributed by atoms with van der Waals surface area (Å²) in [5, 5.41) is 8.12. The molecule has 1 heterocycles. The quantitative estimate of drug-likeness (QED) is 0.809. The second kappa shape index (κ2) is 6.75. The first-order chi connectivity index (χ1) is 8.38. The monoisotopic (exact) mass is 270 g/mol. The van der Waals surface area contributed by atoms with Gasteiger partial charge in [0.1, 0.15) is 5.60 Å². The molecular formula is C13H22N2O2S. The van der Waals surface area contributed by atoms with Gasteiger partial charge in [0.25, 0.3) is 0 Å². The molecule has 1 unspecified atom stereocenters. The Morgan fingerprint density at radius 2 is 2.17 bits per heavy atom. The smallest absolute Gasteiger partial charge is 0.407 e. The molecule has 1 aromatic heterocycles. The first-order valence-corrected chi connectivity index (χ1v) is 7.00. The van der Waals surface area contributed by atoms with Crippen molar-refractivity contribution in [2.24, 2.45) is 0 Å². The predicted octanol–water partition coefficient (Wildman–Crippen LogP) is 2.92. The molecule has 1 rings (SSSR count). The number of amides is 1. The minimum Gasteiger partial charge on any atom is -0.444 e. The number of carbonyl (C=O) groups excluding carboxylic acids is 1. The highest BCUT2D eigenvalue weighted by atomic mass is 32.1. The molecule has 0 bridgehead atoms. The summed E-state index contributed by atoms with van der Waals surface area (Å²) in [6, 6.07) is 4.45. The third-order valence-electron chi connectivity index (χ3n) is 2.21. The maximum Gasteiger partial charge on any atom is 0.407 e. The van der Waals surface area contributed by atoms with Crippen LogP contribution in [0.15, 0.2) is 17.5 Å². The highest BCUT2D eigenvalue weighted by molar-refractivity contribution is 7.10. The van der Waals surface area contributed by atoms with Crippen LogP contribution in [0.2, 0.25) is 0 Å². The molecule has 2 N–H and O–H groups in total. The first-order valence-electron chi connectivity index (χ1n) is 6.12. The summed E-state index contributed by atoms with van der Waals surface area (Å²) in [6.07, 6.45) is -0.368. The van der Waals surface area contributed by atoms with Crippen molar-refractivity contribution in [3.05, 3.63) is 22.4 Å². The number of nitrogens with one attached hydrogen (secondary N) is 2. The van der Waals surface area contributed by atoms with Crippen molar-refractivity contribution in [2.45, 2.75) is 39.3 Å². The van der Waals surface area contributed by atoms with E-state index in [4.69, 9.17) is 4.74 Å². The highest BCUT2D eigenvalue weighted by Crippen LogP contribution is 2.17. The number of alkyl carbamates (subject to hydrolysis) is 1. The van der Waals surface area contributed by atoms with Gasteiger partial charge in [-0.1, -0.05) is 6.07 Å². The number of hydrogen-bond acceptors (Lipinski definition) is 4. The maximum absolute atomic E-state index is 11.4. The average Bonchev–Trinajstić information content (AvgIpc) is 2.74. The van der Waals surface area contributed by atoms with Gasteiger partial charge >= 0.3 is 6.09 Å². The molecule has 4 nitrogen and oxygen atoms in total. The Bertz CT molecular complexity index is 358. The standard InChI is InChI=1S/C13H22N2O2S/c1-10(11-6-5-9-18-11)14-7-8-15-12(16)17-13(2,3)4/h5-6,9-10,14H,7-8H2,1-4H3,(H,15,16). The minimum atomic E-state index is -0.443. The molecule has 0 saturated heterocycles. The van der Waals surface area contributed by atoms with Crippen LogP contribution in [0, 0.1) is 0 Å². The van der Waals surface area contributed by atoms with Crippen molar-refractivity contribution in [3.8, 4) is 0 Å². The molecule has 1 atom stereocenters. The van der Waals surface area contributed by atoms with E-state index in [1.807, 2.05) is 26.8 Å². The number of hydrogen-bond donors (Lipinski definition) is 2. The van der Waals surface area contributed by atoms with E-state index in [1.165, 1.54) is 4.88 Å². The van der Waals surface area contributed by atoms with Gasteiger partial charge < -0.3 is 15.4 Å². The lowest BCUT2D eigenvalue weighted by Crippen LogP contribution is -2.36. The molecule has 0 aliphatic heterocycles. The Kier molecular flexibility index (Phi) is 5.62. The van der Waals surface area contributed by atoms with Crippen molar-refractivity contribution in [1.29, 1.82) is 0 Å². The van der Waals surface area contributed by atoms with Gasteiger partial charge in [0.2, 0.25) is 0 Å². The van der Waals surface area contributed by atoms with E-state index < -0.39 is 5.60 Å². The van der Waals surface area contributed by atoms with Crippen LogP contribution in [0.4, 0.5) is 4.79 Å². The molecule has 0 radical (unpaired) electrons. The van der Waals surface area contributed by atoms with Gasteiger partial charge in [-0.25, -0.2) is 4.79 Å². The lowest BCUT2D eigenvalue weighted by atomic mass is 10.2. The molecule has 0 aliphatic carbocycles. The Balaban J connectivity index is 2.14. The van der Waals surface area contributed by atoms with E-state index in [9.17, 15) is 4.79 Å². The van der Waals surface area contributed by atoms with Crippen LogP contribution >= 0.6 is 11.3 Å². The molecule has 0 spiro atoms. The zero-order chi connectivity index (χ0) is 13.6. The summed E-state index contributed by atoms with van der Waals surface area (Å²) in [5.41, 5.74) is -0.443. The lowest BCUT2D eigenvalue weighted by molar-refractivity contribution is 0.0528. The number of rotatable bonds is 5. The molecule has 0 aromatic carbocycles. The van der Waals surface area contributed by atoms with E-state index in [0.29, 0.717) is 12.6 Å². The highest BCUT2D eigenvalue weighted by Gasteiger charge is 2.15. The van der Waals surface area contributed by atoms with Gasteiger partial charge in [0.15, 0.2) is 0 Å². The predicted molar refractivity (Wildman–Crippen MR) is 75.0 cm³/mol. The van der Waals surface area contributed by atoms with Gasteiger partial charge in [-0.05, 0) is 39.1 Å². The van der Waals surface area contributed by atoms with Crippen molar-refractivity contribution < 1.29 is 9.53 Å². The number of thiophene rings is 1. The summed E-state index contributed by atoms with van der Waals surface area (Å²) >= 11 is 1.73. The van der Waals surface area contributed by atoms with E-state index in [0.717, 1.165) is 6.54 Å². The van der Waals surface area contributed by atoms with Gasteiger partial charge in [0.05, 0.1) is 0 Å². The zero-order valence-corrected chi connectivity index (χ0v) is 12.3. The summed E-state index contributed by atoms with van der Waals surface area (Å²) in [5.74, 6) is 0. The van der Waals surface area contributed by atoms with Gasteiger partial charge in [0, 0.05) is 24.0 Å². The Morgan fingerprint density at radius 1 is 1.44 bits per heavy atom. The summed E-state index contributed by atoms with van der Waals surface area (Å²) < 4.78 is 5.14. The van der Waals surface area contributed by atoms with E-state index >= 15 is 0 Å². The third kappa shape index (κ3) is 6.02. The maximum atomic E-state index is 11.4. The van der Waals surface area contributed by atoms with Crippen LogP contribution in [-0.2, 0) is 4.74 Å². The second-order valence-corrected chi connectivity index (χ2v) is 6.10. The van der Waals surface area contributed by atoms with Crippen LogP contribution in [0.25, 0.3) is 0 Å². The van der Waals surface area contributed by atoms with Crippen molar-refractivity contribution >= 4 is 17.4 Å². The summed E-state index contributed by atoms with van der Waals surface area (Å²) in [4.78, 5) is 12.7. The molecule has 1 amide bonds. The van der Waals surface area contributed by atoms with Crippen molar-refractivity contribution in [3.63, 3.8) is 0 Å². The fourth-order valence-electron chi connectivity index (χ4n) is 1.41. The average molecular weight is 270 g/mol. The Labute approximate surface area is 113 Å². The van der Waals surface area contributed by atoms with Crippen LogP contribution in [-0.4, -0.2) is 24.8 Å². The van der Waals surface area contributed by atoms with E-state index in [2.05, 4.69) is 29.0 Å². The Hall–Kier alpha value is -1.07. The topological polar surface area (TPSA) is 50.4 Å². The third-order valence-corrected chi connectivity index (χ3v) is 3.27. The molecule has 102 valence electrons. The fraction of sp³-hybridized carbons (Fsp3) is 0.615. The van der Waals surface area contributed by atoms with Crippen LogP contribution in [0.1, 0.15) is 38.6 Å².